The molecular formula is C19H26N4. The maximum absolute atomic E-state index is 4.58. The van der Waals surface area contributed by atoms with E-state index in [4.69, 9.17) is 0 Å². The fraction of sp³-hybridized carbons (Fsp3) is 0.474. The van der Waals surface area contributed by atoms with Crippen molar-refractivity contribution in [3.63, 3.8) is 0 Å². The minimum Gasteiger partial charge on any atom is -0.327 e. The van der Waals surface area contributed by atoms with Crippen LogP contribution in [0.3, 0.4) is 0 Å². The van der Waals surface area contributed by atoms with Crippen LogP contribution in [0.4, 0.5) is 0 Å². The molecule has 23 heavy (non-hydrogen) atoms. The molecule has 0 radical (unpaired) electrons. The largest absolute Gasteiger partial charge is 0.327 e. The van der Waals surface area contributed by atoms with E-state index in [9.17, 15) is 0 Å². The van der Waals surface area contributed by atoms with Gasteiger partial charge in [0.05, 0.1) is 23.6 Å². The lowest BCUT2D eigenvalue weighted by atomic mass is 10.0. The van der Waals surface area contributed by atoms with E-state index in [0.29, 0.717) is 6.04 Å². The highest BCUT2D eigenvalue weighted by Crippen LogP contribution is 2.30. The molecule has 0 aliphatic carbocycles. The number of hydrogen-bond acceptors (Lipinski definition) is 3. The molecule has 1 aliphatic rings. The Balaban J connectivity index is 0.000000753. The molecule has 0 saturated carbocycles. The SMILES string of the molecule is CC.Cc1ccc2ncc3ncn(C4CCN(C)CC4)c3c2c1. The van der Waals surface area contributed by atoms with Crippen LogP contribution in [0.5, 0.6) is 0 Å². The maximum Gasteiger partial charge on any atom is 0.107 e. The monoisotopic (exact) mass is 310 g/mol. The average molecular weight is 310 g/mol. The summed E-state index contributed by atoms with van der Waals surface area (Å²) >= 11 is 0. The van der Waals surface area contributed by atoms with E-state index < -0.39 is 0 Å². The van der Waals surface area contributed by atoms with Gasteiger partial charge in [-0.15, -0.1) is 0 Å². The third-order valence-corrected chi connectivity index (χ3v) is 4.64. The zero-order valence-electron chi connectivity index (χ0n) is 14.6. The van der Waals surface area contributed by atoms with Crippen LogP contribution in [0.1, 0.15) is 38.3 Å². The van der Waals surface area contributed by atoms with Gasteiger partial charge in [0.15, 0.2) is 0 Å². The van der Waals surface area contributed by atoms with Crippen molar-refractivity contribution in [2.75, 3.05) is 20.1 Å². The molecule has 1 aliphatic heterocycles. The number of likely N-dealkylation sites (tertiary alicyclic amines) is 1. The summed E-state index contributed by atoms with van der Waals surface area (Å²) in [6.45, 7) is 8.45. The van der Waals surface area contributed by atoms with Gasteiger partial charge in [-0.3, -0.25) is 4.98 Å². The van der Waals surface area contributed by atoms with Crippen LogP contribution < -0.4 is 0 Å². The van der Waals surface area contributed by atoms with Crippen LogP contribution in [-0.4, -0.2) is 39.6 Å². The molecule has 0 amide bonds. The van der Waals surface area contributed by atoms with Crippen molar-refractivity contribution in [2.24, 2.45) is 0 Å². The van der Waals surface area contributed by atoms with Crippen molar-refractivity contribution < 1.29 is 0 Å². The summed E-state index contributed by atoms with van der Waals surface area (Å²) in [5, 5.41) is 1.23. The molecule has 3 aromatic rings. The van der Waals surface area contributed by atoms with Crippen LogP contribution in [0.15, 0.2) is 30.7 Å². The second kappa shape index (κ2) is 6.67. The molecule has 0 unspecified atom stereocenters. The van der Waals surface area contributed by atoms with Crippen LogP contribution in [0.25, 0.3) is 21.9 Å². The quantitative estimate of drug-likeness (QED) is 0.676. The molecule has 4 nitrogen and oxygen atoms in total. The Morgan fingerprint density at radius 1 is 1.04 bits per heavy atom. The summed E-state index contributed by atoms with van der Waals surface area (Å²) in [7, 11) is 2.20. The summed E-state index contributed by atoms with van der Waals surface area (Å²) in [4.78, 5) is 11.5. The first-order chi connectivity index (χ1) is 11.2. The van der Waals surface area contributed by atoms with E-state index in [0.717, 1.165) is 24.1 Å². The van der Waals surface area contributed by atoms with Crippen LogP contribution in [-0.2, 0) is 0 Å². The lowest BCUT2D eigenvalue weighted by Gasteiger charge is -2.30. The Hall–Kier alpha value is -1.94. The summed E-state index contributed by atoms with van der Waals surface area (Å²) in [5.74, 6) is 0. The number of aromatic nitrogens is 3. The van der Waals surface area contributed by atoms with Crippen molar-refractivity contribution >= 4 is 21.9 Å². The van der Waals surface area contributed by atoms with Crippen LogP contribution in [0, 0.1) is 6.92 Å². The van der Waals surface area contributed by atoms with E-state index >= 15 is 0 Å². The number of piperidine rings is 1. The second-order valence-corrected chi connectivity index (χ2v) is 6.20. The normalized spacial score (nSPS) is 16.5. The molecule has 0 atom stereocenters. The van der Waals surface area contributed by atoms with E-state index in [1.807, 2.05) is 26.4 Å². The molecule has 1 aromatic carbocycles. The third kappa shape index (κ3) is 2.95. The molecular weight excluding hydrogens is 284 g/mol. The lowest BCUT2D eigenvalue weighted by Crippen LogP contribution is -2.31. The summed E-state index contributed by atoms with van der Waals surface area (Å²) in [5.41, 5.74) is 4.58. The number of nitrogens with zero attached hydrogens (tertiary/aromatic N) is 4. The molecule has 0 N–H and O–H groups in total. The zero-order valence-corrected chi connectivity index (χ0v) is 14.6. The second-order valence-electron chi connectivity index (χ2n) is 6.20. The van der Waals surface area contributed by atoms with E-state index in [1.54, 1.807) is 0 Å². The van der Waals surface area contributed by atoms with Gasteiger partial charge in [-0.2, -0.15) is 0 Å². The topological polar surface area (TPSA) is 34.0 Å². The molecule has 0 spiro atoms. The van der Waals surface area contributed by atoms with E-state index in [-0.39, 0.29) is 0 Å². The van der Waals surface area contributed by atoms with Gasteiger partial charge in [0.2, 0.25) is 0 Å². The van der Waals surface area contributed by atoms with Gasteiger partial charge in [-0.05, 0) is 52.0 Å². The number of aryl methyl sites for hydroxylation is 1. The fourth-order valence-corrected chi connectivity index (χ4v) is 3.38. The number of benzene rings is 1. The number of pyridine rings is 1. The maximum atomic E-state index is 4.58. The van der Waals surface area contributed by atoms with Gasteiger partial charge in [0, 0.05) is 11.4 Å². The number of hydrogen-bond donors (Lipinski definition) is 0. The van der Waals surface area contributed by atoms with E-state index in [1.165, 1.54) is 29.3 Å². The van der Waals surface area contributed by atoms with Gasteiger partial charge in [-0.25, -0.2) is 4.98 Å². The van der Waals surface area contributed by atoms with Gasteiger partial charge >= 0.3 is 0 Å². The molecule has 0 bridgehead atoms. The summed E-state index contributed by atoms with van der Waals surface area (Å²) < 4.78 is 2.38. The molecule has 4 rings (SSSR count). The first-order valence-corrected chi connectivity index (χ1v) is 8.63. The number of fused-ring (bicyclic) bond motifs is 3. The number of imidazole rings is 1. The van der Waals surface area contributed by atoms with Gasteiger partial charge in [0.1, 0.15) is 5.52 Å². The average Bonchev–Trinajstić information content (AvgIpc) is 3.02. The molecule has 4 heteroatoms. The van der Waals surface area contributed by atoms with E-state index in [2.05, 4.69) is 51.6 Å². The smallest absolute Gasteiger partial charge is 0.107 e. The van der Waals surface area contributed by atoms with Crippen molar-refractivity contribution in [1.82, 2.24) is 19.4 Å². The molecule has 1 fully saturated rings. The Labute approximate surface area is 138 Å². The minimum absolute atomic E-state index is 0.553. The zero-order chi connectivity index (χ0) is 16.4. The highest BCUT2D eigenvalue weighted by atomic mass is 15.1. The summed E-state index contributed by atoms with van der Waals surface area (Å²) in [6, 6.07) is 7.02. The molecule has 2 aromatic heterocycles. The lowest BCUT2D eigenvalue weighted by molar-refractivity contribution is 0.224. The van der Waals surface area contributed by atoms with Crippen molar-refractivity contribution in [2.45, 2.75) is 39.7 Å². The fourth-order valence-electron chi connectivity index (χ4n) is 3.38. The predicted octanol–water partition coefficient (Wildman–Crippen LogP) is 4.19. The van der Waals surface area contributed by atoms with Crippen LogP contribution in [0.2, 0.25) is 0 Å². The highest BCUT2D eigenvalue weighted by molar-refractivity contribution is 6.02. The highest BCUT2D eigenvalue weighted by Gasteiger charge is 2.20. The van der Waals surface area contributed by atoms with Gasteiger partial charge in [0.25, 0.3) is 0 Å². The Morgan fingerprint density at radius 3 is 2.52 bits per heavy atom. The standard InChI is InChI=1S/C17H20N4.C2H6/c1-12-3-4-15-14(9-12)17-16(10-18-15)19-11-21(17)13-5-7-20(2)8-6-13;1-2/h3-4,9-11,13H,5-8H2,1-2H3;1-2H3. The van der Waals surface area contributed by atoms with Gasteiger partial charge < -0.3 is 9.47 Å². The minimum atomic E-state index is 0.553. The summed E-state index contributed by atoms with van der Waals surface area (Å²) in [6.07, 6.45) is 6.29. The first kappa shape index (κ1) is 15.9. The third-order valence-electron chi connectivity index (χ3n) is 4.64. The predicted molar refractivity (Wildman–Crippen MR) is 96.9 cm³/mol. The van der Waals surface area contributed by atoms with Crippen LogP contribution >= 0.6 is 0 Å². The van der Waals surface area contributed by atoms with Crippen molar-refractivity contribution in [3.05, 3.63) is 36.3 Å². The Bertz CT molecular complexity index is 798. The van der Waals surface area contributed by atoms with Gasteiger partial charge in [-0.1, -0.05) is 25.5 Å². The first-order valence-electron chi connectivity index (χ1n) is 8.63. The molecule has 1 saturated heterocycles. The van der Waals surface area contributed by atoms with Crippen molar-refractivity contribution in [3.8, 4) is 0 Å². The number of rotatable bonds is 1. The Morgan fingerprint density at radius 2 is 1.78 bits per heavy atom. The Kier molecular flexibility index (Phi) is 4.62. The molecule has 122 valence electrons. The van der Waals surface area contributed by atoms with Crippen molar-refractivity contribution in [1.29, 1.82) is 0 Å². The molecule has 3 heterocycles.